The molecule has 0 spiro atoms. The zero-order valence-corrected chi connectivity index (χ0v) is 12.9. The van der Waals surface area contributed by atoms with E-state index < -0.39 is 9.84 Å². The first kappa shape index (κ1) is 13.8. The van der Waals surface area contributed by atoms with Crippen LogP contribution in [0, 0.1) is 0 Å². The van der Waals surface area contributed by atoms with E-state index in [1.165, 1.54) is 0 Å². The van der Waals surface area contributed by atoms with Crippen LogP contribution >= 0.6 is 11.3 Å². The molecule has 1 aliphatic rings. The molecule has 0 aliphatic carbocycles. The maximum Gasteiger partial charge on any atom is 0.154 e. The summed E-state index contributed by atoms with van der Waals surface area (Å²) in [6.07, 6.45) is 2.28. The van der Waals surface area contributed by atoms with E-state index in [0.29, 0.717) is 12.3 Å². The first-order chi connectivity index (χ1) is 9.60. The van der Waals surface area contributed by atoms with Crippen molar-refractivity contribution in [1.29, 1.82) is 0 Å². The van der Waals surface area contributed by atoms with Crippen LogP contribution < -0.4 is 5.32 Å². The van der Waals surface area contributed by atoms with Gasteiger partial charge in [0.15, 0.2) is 9.84 Å². The summed E-state index contributed by atoms with van der Waals surface area (Å²) in [7, 11) is -2.92. The number of anilines is 1. The summed E-state index contributed by atoms with van der Waals surface area (Å²) < 4.78 is 23.7. The minimum absolute atomic E-state index is 0.281. The highest BCUT2D eigenvalue weighted by Crippen LogP contribution is 2.26. The second kappa shape index (κ2) is 5.29. The smallest absolute Gasteiger partial charge is 0.154 e. The van der Waals surface area contributed by atoms with Gasteiger partial charge in [-0.2, -0.15) is 0 Å². The van der Waals surface area contributed by atoms with E-state index in [4.69, 9.17) is 0 Å². The molecule has 1 atom stereocenters. The van der Waals surface area contributed by atoms with Crippen molar-refractivity contribution < 1.29 is 8.42 Å². The summed E-state index contributed by atoms with van der Waals surface area (Å²) in [6.45, 7) is 2.45. The number of sulfone groups is 1. The van der Waals surface area contributed by atoms with Crippen molar-refractivity contribution in [1.82, 2.24) is 9.97 Å². The van der Waals surface area contributed by atoms with Crippen molar-refractivity contribution >= 4 is 37.2 Å². The standard InChI is InChI=1S/C13H17N3O2S2/c1-2-11-15-12(10-5-6-19-13(10)16-11)14-8-9-4-3-7-20(9,17)18/h5-6,9H,2-4,7-8H2,1H3,(H,14,15,16). The first-order valence-electron chi connectivity index (χ1n) is 6.79. The minimum Gasteiger partial charge on any atom is -0.368 e. The molecule has 1 saturated heterocycles. The van der Waals surface area contributed by atoms with Crippen molar-refractivity contribution in [2.45, 2.75) is 31.4 Å². The molecular formula is C13H17N3O2S2. The quantitative estimate of drug-likeness (QED) is 0.937. The van der Waals surface area contributed by atoms with E-state index >= 15 is 0 Å². The minimum atomic E-state index is -2.92. The number of aromatic nitrogens is 2. The Hall–Kier alpha value is -1.21. The van der Waals surface area contributed by atoms with Gasteiger partial charge < -0.3 is 5.32 Å². The van der Waals surface area contributed by atoms with Crippen LogP contribution in [0.25, 0.3) is 10.2 Å². The molecule has 7 heteroatoms. The maximum atomic E-state index is 11.8. The van der Waals surface area contributed by atoms with E-state index in [0.717, 1.165) is 41.1 Å². The molecule has 3 rings (SSSR count). The summed E-state index contributed by atoms with van der Waals surface area (Å²) in [5.74, 6) is 1.86. The molecule has 0 amide bonds. The Morgan fingerprint density at radius 3 is 3.00 bits per heavy atom. The van der Waals surface area contributed by atoms with E-state index in [-0.39, 0.29) is 5.25 Å². The summed E-state index contributed by atoms with van der Waals surface area (Å²) >= 11 is 1.58. The number of fused-ring (bicyclic) bond motifs is 1. The van der Waals surface area contributed by atoms with E-state index in [1.54, 1.807) is 11.3 Å². The Labute approximate surface area is 122 Å². The monoisotopic (exact) mass is 311 g/mol. The zero-order chi connectivity index (χ0) is 14.2. The lowest BCUT2D eigenvalue weighted by atomic mass is 10.2. The largest absolute Gasteiger partial charge is 0.368 e. The fraction of sp³-hybridized carbons (Fsp3) is 0.538. The molecule has 2 aromatic rings. The molecule has 20 heavy (non-hydrogen) atoms. The summed E-state index contributed by atoms with van der Waals surface area (Å²) in [4.78, 5) is 9.91. The molecule has 0 saturated carbocycles. The number of rotatable bonds is 4. The van der Waals surface area contributed by atoms with E-state index in [9.17, 15) is 8.42 Å². The van der Waals surface area contributed by atoms with Crippen LogP contribution in [0.3, 0.4) is 0 Å². The summed E-state index contributed by atoms with van der Waals surface area (Å²) in [6, 6.07) is 1.98. The molecular weight excluding hydrogens is 294 g/mol. The third kappa shape index (κ3) is 2.52. The third-order valence-electron chi connectivity index (χ3n) is 3.65. The van der Waals surface area contributed by atoms with E-state index in [1.807, 2.05) is 18.4 Å². The predicted octanol–water partition coefficient (Wildman–Crippen LogP) is 2.24. The van der Waals surface area contributed by atoms with Gasteiger partial charge in [-0.15, -0.1) is 11.3 Å². The average molecular weight is 311 g/mol. The van der Waals surface area contributed by atoms with Gasteiger partial charge in [-0.3, -0.25) is 0 Å². The highest BCUT2D eigenvalue weighted by atomic mass is 32.2. The van der Waals surface area contributed by atoms with Crippen LogP contribution in [0.1, 0.15) is 25.6 Å². The van der Waals surface area contributed by atoms with Gasteiger partial charge in [-0.1, -0.05) is 6.92 Å². The van der Waals surface area contributed by atoms with Crippen LogP contribution in [0.5, 0.6) is 0 Å². The Bertz CT molecular complexity index is 724. The maximum absolute atomic E-state index is 11.8. The van der Waals surface area contributed by atoms with Gasteiger partial charge >= 0.3 is 0 Å². The molecule has 108 valence electrons. The molecule has 1 fully saturated rings. The van der Waals surface area contributed by atoms with Gasteiger partial charge in [0, 0.05) is 13.0 Å². The van der Waals surface area contributed by atoms with Crippen LogP contribution in [0.15, 0.2) is 11.4 Å². The lowest BCUT2D eigenvalue weighted by molar-refractivity contribution is 0.591. The molecule has 0 aromatic carbocycles. The number of aryl methyl sites for hydroxylation is 1. The molecule has 0 bridgehead atoms. The number of nitrogens with zero attached hydrogens (tertiary/aromatic N) is 2. The lowest BCUT2D eigenvalue weighted by Gasteiger charge is -2.12. The Kier molecular flexibility index (Phi) is 3.64. The van der Waals surface area contributed by atoms with Gasteiger partial charge in [0.05, 0.1) is 16.4 Å². The lowest BCUT2D eigenvalue weighted by Crippen LogP contribution is -2.25. The number of hydrogen-bond donors (Lipinski definition) is 1. The molecule has 1 unspecified atom stereocenters. The summed E-state index contributed by atoms with van der Waals surface area (Å²) in [5, 5.41) is 5.90. The van der Waals surface area contributed by atoms with Gasteiger partial charge in [0.25, 0.3) is 0 Å². The topological polar surface area (TPSA) is 72.0 Å². The Morgan fingerprint density at radius 2 is 2.30 bits per heavy atom. The number of nitrogens with one attached hydrogen (secondary N) is 1. The van der Waals surface area contributed by atoms with E-state index in [2.05, 4.69) is 15.3 Å². The highest BCUT2D eigenvalue weighted by molar-refractivity contribution is 7.92. The Balaban J connectivity index is 1.85. The van der Waals surface area contributed by atoms with Gasteiger partial charge in [0.2, 0.25) is 0 Å². The van der Waals surface area contributed by atoms with Crippen LogP contribution in [-0.2, 0) is 16.3 Å². The molecule has 1 N–H and O–H groups in total. The highest BCUT2D eigenvalue weighted by Gasteiger charge is 2.31. The molecule has 3 heterocycles. The molecule has 2 aromatic heterocycles. The van der Waals surface area contributed by atoms with Crippen LogP contribution in [0.2, 0.25) is 0 Å². The van der Waals surface area contributed by atoms with Crippen molar-refractivity contribution in [3.63, 3.8) is 0 Å². The predicted molar refractivity (Wildman–Crippen MR) is 82.1 cm³/mol. The number of hydrogen-bond acceptors (Lipinski definition) is 6. The molecule has 0 radical (unpaired) electrons. The average Bonchev–Trinajstić information content (AvgIpc) is 3.01. The second-order valence-electron chi connectivity index (χ2n) is 4.99. The van der Waals surface area contributed by atoms with Crippen molar-refractivity contribution in [2.24, 2.45) is 0 Å². The van der Waals surface area contributed by atoms with Crippen molar-refractivity contribution in [3.05, 3.63) is 17.3 Å². The Morgan fingerprint density at radius 1 is 1.45 bits per heavy atom. The molecule has 5 nitrogen and oxygen atoms in total. The molecule has 1 aliphatic heterocycles. The fourth-order valence-corrected chi connectivity index (χ4v) is 5.04. The van der Waals surface area contributed by atoms with Gasteiger partial charge in [0.1, 0.15) is 16.5 Å². The fourth-order valence-electron chi connectivity index (χ4n) is 2.49. The van der Waals surface area contributed by atoms with Crippen molar-refractivity contribution in [2.75, 3.05) is 17.6 Å². The van der Waals surface area contributed by atoms with Crippen LogP contribution in [-0.4, -0.2) is 35.9 Å². The van der Waals surface area contributed by atoms with Crippen molar-refractivity contribution in [3.8, 4) is 0 Å². The normalized spacial score (nSPS) is 21.4. The SMILES string of the molecule is CCc1nc(NCC2CCCS2(=O)=O)c2ccsc2n1. The first-order valence-corrected chi connectivity index (χ1v) is 9.39. The third-order valence-corrected chi connectivity index (χ3v) is 6.73. The van der Waals surface area contributed by atoms with Gasteiger partial charge in [-0.25, -0.2) is 18.4 Å². The van der Waals surface area contributed by atoms with Gasteiger partial charge in [-0.05, 0) is 24.3 Å². The zero-order valence-electron chi connectivity index (χ0n) is 11.3. The second-order valence-corrected chi connectivity index (χ2v) is 8.29. The number of thiophene rings is 1. The van der Waals surface area contributed by atoms with Crippen LogP contribution in [0.4, 0.5) is 5.82 Å². The summed E-state index contributed by atoms with van der Waals surface area (Å²) in [5.41, 5.74) is 0.